The molecule has 3 aromatic carbocycles. The molecule has 0 heterocycles. The lowest BCUT2D eigenvalue weighted by Gasteiger charge is -2.26. The molecule has 35 heavy (non-hydrogen) atoms. The summed E-state index contributed by atoms with van der Waals surface area (Å²) in [7, 11) is -4.04. The zero-order valence-corrected chi connectivity index (χ0v) is 22.2. The van der Waals surface area contributed by atoms with Gasteiger partial charge in [0, 0.05) is 4.90 Å². The summed E-state index contributed by atoms with van der Waals surface area (Å²) in [5, 5.41) is 2.94. The van der Waals surface area contributed by atoms with Crippen LogP contribution in [0, 0.1) is 0 Å². The first-order valence-electron chi connectivity index (χ1n) is 11.6. The Bertz CT molecular complexity index is 1230. The van der Waals surface area contributed by atoms with E-state index in [1.54, 1.807) is 48.5 Å². The van der Waals surface area contributed by atoms with Crippen LogP contribution >= 0.6 is 11.8 Å². The van der Waals surface area contributed by atoms with Gasteiger partial charge >= 0.3 is 0 Å². The Balaban J connectivity index is 1.92. The van der Waals surface area contributed by atoms with E-state index in [1.165, 1.54) is 17.3 Å². The Morgan fingerprint density at radius 1 is 1.00 bits per heavy atom. The lowest BCUT2D eigenvalue weighted by molar-refractivity contribution is -0.120. The lowest BCUT2D eigenvalue weighted by atomic mass is 10.1. The SMILES string of the molecule is CCOc1ccccc1N(CC(=O)N[C@@H](C)c1ccc(CC)cc1)S(=O)(=O)c1ccc(SC)cc1. The number of thioether (sulfide) groups is 1. The van der Waals surface area contributed by atoms with E-state index >= 15 is 0 Å². The van der Waals surface area contributed by atoms with Gasteiger partial charge in [0.1, 0.15) is 12.3 Å². The molecule has 6 nitrogen and oxygen atoms in total. The summed E-state index contributed by atoms with van der Waals surface area (Å²) >= 11 is 1.53. The number of nitrogens with one attached hydrogen (secondary N) is 1. The molecule has 1 amide bonds. The molecule has 8 heteroatoms. The Morgan fingerprint density at radius 3 is 2.26 bits per heavy atom. The maximum absolute atomic E-state index is 13.7. The van der Waals surface area contributed by atoms with E-state index in [0.29, 0.717) is 18.0 Å². The second-order valence-electron chi connectivity index (χ2n) is 7.97. The average molecular weight is 513 g/mol. The molecule has 0 saturated heterocycles. The second-order valence-corrected chi connectivity index (χ2v) is 10.7. The Hall–Kier alpha value is -2.97. The number of hydrogen-bond acceptors (Lipinski definition) is 5. The molecule has 0 aromatic heterocycles. The van der Waals surface area contributed by atoms with E-state index in [2.05, 4.69) is 12.2 Å². The molecule has 0 aliphatic heterocycles. The van der Waals surface area contributed by atoms with Crippen molar-refractivity contribution >= 4 is 33.4 Å². The van der Waals surface area contributed by atoms with E-state index in [9.17, 15) is 13.2 Å². The zero-order valence-electron chi connectivity index (χ0n) is 20.5. The number of ether oxygens (including phenoxy) is 1. The average Bonchev–Trinajstić information content (AvgIpc) is 2.88. The molecule has 1 N–H and O–H groups in total. The standard InChI is InChI=1S/C27H32N2O4S2/c1-5-21-11-13-22(14-12-21)20(3)28-27(30)19-29(25-9-7-8-10-26(25)33-6-2)35(31,32)24-17-15-23(34-4)16-18-24/h7-18,20H,5-6,19H2,1-4H3,(H,28,30)/t20-/m0/s1. The number of nitrogens with zero attached hydrogens (tertiary/aromatic N) is 1. The van der Waals surface area contributed by atoms with Crippen molar-refractivity contribution in [1.82, 2.24) is 5.32 Å². The normalized spacial score (nSPS) is 12.1. The number of para-hydroxylation sites is 2. The summed E-state index contributed by atoms with van der Waals surface area (Å²) in [6.45, 7) is 5.78. The number of rotatable bonds is 11. The molecule has 0 bridgehead atoms. The van der Waals surface area contributed by atoms with Gasteiger partial charge in [-0.3, -0.25) is 9.10 Å². The van der Waals surface area contributed by atoms with Crippen LogP contribution in [0.5, 0.6) is 5.75 Å². The summed E-state index contributed by atoms with van der Waals surface area (Å²) in [6, 6.07) is 21.2. The van der Waals surface area contributed by atoms with Crippen molar-refractivity contribution in [3.63, 3.8) is 0 Å². The third kappa shape index (κ3) is 6.58. The van der Waals surface area contributed by atoms with Crippen molar-refractivity contribution in [3.05, 3.63) is 83.9 Å². The lowest BCUT2D eigenvalue weighted by Crippen LogP contribution is -2.41. The first-order valence-corrected chi connectivity index (χ1v) is 14.2. The van der Waals surface area contributed by atoms with Gasteiger partial charge in [0.05, 0.1) is 23.2 Å². The van der Waals surface area contributed by atoms with Crippen molar-refractivity contribution in [1.29, 1.82) is 0 Å². The van der Waals surface area contributed by atoms with Crippen LogP contribution in [0.4, 0.5) is 5.69 Å². The van der Waals surface area contributed by atoms with E-state index in [1.807, 2.05) is 44.4 Å². The van der Waals surface area contributed by atoms with Crippen LogP contribution in [-0.2, 0) is 21.2 Å². The van der Waals surface area contributed by atoms with Crippen LogP contribution in [0.2, 0.25) is 0 Å². The van der Waals surface area contributed by atoms with Gasteiger partial charge < -0.3 is 10.1 Å². The third-order valence-corrected chi connectivity index (χ3v) is 8.15. The molecule has 0 spiro atoms. The van der Waals surface area contributed by atoms with Gasteiger partial charge in [-0.1, -0.05) is 43.3 Å². The Morgan fingerprint density at radius 2 is 1.66 bits per heavy atom. The summed E-state index contributed by atoms with van der Waals surface area (Å²) in [5.41, 5.74) is 2.48. The van der Waals surface area contributed by atoms with Crippen LogP contribution in [0.3, 0.4) is 0 Å². The summed E-state index contributed by atoms with van der Waals surface area (Å²) in [5.74, 6) is -0.0111. The highest BCUT2D eigenvalue weighted by molar-refractivity contribution is 7.98. The highest BCUT2D eigenvalue weighted by Gasteiger charge is 2.30. The molecular weight excluding hydrogens is 480 g/mol. The van der Waals surface area contributed by atoms with Crippen molar-refractivity contribution in [2.75, 3.05) is 23.7 Å². The number of hydrogen-bond donors (Lipinski definition) is 1. The molecule has 3 aromatic rings. The molecule has 186 valence electrons. The van der Waals surface area contributed by atoms with Crippen LogP contribution in [-0.4, -0.2) is 33.7 Å². The van der Waals surface area contributed by atoms with Gasteiger partial charge in [-0.15, -0.1) is 11.8 Å². The van der Waals surface area contributed by atoms with Gasteiger partial charge in [-0.05, 0) is 74.0 Å². The van der Waals surface area contributed by atoms with Gasteiger partial charge in [0.25, 0.3) is 10.0 Å². The fourth-order valence-electron chi connectivity index (χ4n) is 3.66. The van der Waals surface area contributed by atoms with E-state index < -0.39 is 15.9 Å². The zero-order chi connectivity index (χ0) is 25.4. The summed E-state index contributed by atoms with van der Waals surface area (Å²) in [6.07, 6.45) is 2.86. The number of sulfonamides is 1. The van der Waals surface area contributed by atoms with Crippen molar-refractivity contribution in [2.24, 2.45) is 0 Å². The number of anilines is 1. The van der Waals surface area contributed by atoms with Crippen molar-refractivity contribution in [3.8, 4) is 5.75 Å². The topological polar surface area (TPSA) is 75.7 Å². The first-order chi connectivity index (χ1) is 16.8. The molecule has 1 atom stereocenters. The second kappa shape index (κ2) is 12.1. The van der Waals surface area contributed by atoms with E-state index in [0.717, 1.165) is 21.2 Å². The highest BCUT2D eigenvalue weighted by atomic mass is 32.2. The minimum Gasteiger partial charge on any atom is -0.492 e. The predicted molar refractivity (Wildman–Crippen MR) is 143 cm³/mol. The molecule has 0 aliphatic carbocycles. The minimum atomic E-state index is -4.04. The Labute approximate surface area is 212 Å². The molecule has 3 rings (SSSR count). The van der Waals surface area contributed by atoms with Crippen LogP contribution in [0.1, 0.15) is 37.9 Å². The fourth-order valence-corrected chi connectivity index (χ4v) is 5.50. The van der Waals surface area contributed by atoms with Gasteiger partial charge in [0.15, 0.2) is 0 Å². The molecule has 0 unspecified atom stereocenters. The number of carbonyl (C=O) groups excluding carboxylic acids is 1. The minimum absolute atomic E-state index is 0.109. The van der Waals surface area contributed by atoms with Gasteiger partial charge in [0.2, 0.25) is 5.91 Å². The van der Waals surface area contributed by atoms with Crippen molar-refractivity contribution < 1.29 is 17.9 Å². The predicted octanol–water partition coefficient (Wildman–Crippen LogP) is 5.44. The molecular formula is C27H32N2O4S2. The monoisotopic (exact) mass is 512 g/mol. The quantitative estimate of drug-likeness (QED) is 0.346. The molecule has 0 aliphatic rings. The number of carbonyl (C=O) groups is 1. The maximum atomic E-state index is 13.7. The summed E-state index contributed by atoms with van der Waals surface area (Å²) in [4.78, 5) is 14.2. The van der Waals surface area contributed by atoms with E-state index in [4.69, 9.17) is 4.74 Å². The molecule has 0 fully saturated rings. The smallest absolute Gasteiger partial charge is 0.264 e. The fraction of sp³-hybridized carbons (Fsp3) is 0.296. The number of benzene rings is 3. The molecule has 0 radical (unpaired) electrons. The summed E-state index contributed by atoms with van der Waals surface area (Å²) < 4.78 is 34.3. The Kier molecular flexibility index (Phi) is 9.23. The van der Waals surface area contributed by atoms with Gasteiger partial charge in [-0.2, -0.15) is 0 Å². The van der Waals surface area contributed by atoms with Crippen molar-refractivity contribution in [2.45, 2.75) is 43.0 Å². The third-order valence-electron chi connectivity index (χ3n) is 5.63. The van der Waals surface area contributed by atoms with E-state index in [-0.39, 0.29) is 17.5 Å². The first kappa shape index (κ1) is 26.6. The van der Waals surface area contributed by atoms with Crippen LogP contribution in [0.15, 0.2) is 82.6 Å². The number of amides is 1. The maximum Gasteiger partial charge on any atom is 0.264 e. The van der Waals surface area contributed by atoms with Gasteiger partial charge in [-0.25, -0.2) is 8.42 Å². The highest BCUT2D eigenvalue weighted by Crippen LogP contribution is 2.33. The number of aryl methyl sites for hydroxylation is 1. The van der Waals surface area contributed by atoms with Crippen LogP contribution < -0.4 is 14.4 Å². The molecule has 0 saturated carbocycles. The largest absolute Gasteiger partial charge is 0.492 e. The van der Waals surface area contributed by atoms with Crippen LogP contribution in [0.25, 0.3) is 0 Å².